The van der Waals surface area contributed by atoms with Crippen LogP contribution in [-0.4, -0.2) is 74.7 Å². The first-order chi connectivity index (χ1) is 18.9. The van der Waals surface area contributed by atoms with Gasteiger partial charge in [0, 0.05) is 53.9 Å². The summed E-state index contributed by atoms with van der Waals surface area (Å²) in [6.45, 7) is 12.2. The average molecular weight is 618 g/mol. The Morgan fingerprint density at radius 3 is 2.55 bits per heavy atom. The van der Waals surface area contributed by atoms with E-state index in [0.717, 1.165) is 15.5 Å². The number of hydrogen-bond acceptors (Lipinski definition) is 7. The molecule has 218 valence electrons. The number of fused-ring (bicyclic) bond motifs is 1. The predicted octanol–water partition coefficient (Wildman–Crippen LogP) is 4.22. The molecule has 11 heteroatoms. The lowest BCUT2D eigenvalue weighted by atomic mass is 9.87. The van der Waals surface area contributed by atoms with Crippen molar-refractivity contribution in [1.82, 2.24) is 19.8 Å². The maximum atomic E-state index is 12.4. The van der Waals surface area contributed by atoms with Crippen LogP contribution in [0.1, 0.15) is 52.8 Å². The Labute approximate surface area is 244 Å². The van der Waals surface area contributed by atoms with E-state index < -0.39 is 24.5 Å². The highest BCUT2D eigenvalue weighted by atomic mass is 79.9. The summed E-state index contributed by atoms with van der Waals surface area (Å²) in [6.07, 6.45) is 0.471. The zero-order valence-corrected chi connectivity index (χ0v) is 25.4. The molecule has 6 N–H and O–H groups in total. The summed E-state index contributed by atoms with van der Waals surface area (Å²) in [7, 11) is 0. The van der Waals surface area contributed by atoms with Crippen LogP contribution in [0.15, 0.2) is 47.2 Å². The molecule has 1 fully saturated rings. The molecule has 1 aliphatic heterocycles. The van der Waals surface area contributed by atoms with Gasteiger partial charge in [-0.1, -0.05) is 32.9 Å². The topological polar surface area (TPSA) is 138 Å². The Morgan fingerprint density at radius 1 is 1.20 bits per heavy atom. The van der Waals surface area contributed by atoms with Gasteiger partial charge in [0.2, 0.25) is 0 Å². The Hall–Kier alpha value is -2.70. The van der Waals surface area contributed by atoms with Gasteiger partial charge in [0.05, 0.1) is 5.39 Å². The number of amides is 2. The predicted molar refractivity (Wildman–Crippen MR) is 161 cm³/mol. The number of ether oxygens (including phenoxy) is 1. The molecule has 0 radical (unpaired) electrons. The lowest BCUT2D eigenvalue weighted by Gasteiger charge is -2.30. The molecule has 0 saturated carbocycles. The third-order valence-corrected chi connectivity index (χ3v) is 7.97. The minimum atomic E-state index is -1.13. The number of carbonyl (C=O) groups is 1. The number of aliphatic hydroxyl groups excluding tert-OH is 2. The summed E-state index contributed by atoms with van der Waals surface area (Å²) < 4.78 is 8.64. The molecule has 40 heavy (non-hydrogen) atoms. The molecule has 1 aliphatic rings. The third kappa shape index (κ3) is 6.77. The van der Waals surface area contributed by atoms with Gasteiger partial charge in [-0.2, -0.15) is 0 Å². The Morgan fingerprint density at radius 2 is 1.90 bits per heavy atom. The minimum absolute atomic E-state index is 0.0568. The third-order valence-electron chi connectivity index (χ3n) is 7.37. The largest absolute Gasteiger partial charge is 0.398 e. The van der Waals surface area contributed by atoms with Crippen LogP contribution in [0.4, 0.5) is 16.2 Å². The Kier molecular flexibility index (Phi) is 9.41. The Balaban J connectivity index is 1.30. The van der Waals surface area contributed by atoms with Crippen molar-refractivity contribution in [1.29, 1.82) is 0 Å². The lowest BCUT2D eigenvalue weighted by molar-refractivity contribution is -0.0466. The zero-order valence-electron chi connectivity index (χ0n) is 23.8. The van der Waals surface area contributed by atoms with Crippen LogP contribution < -0.4 is 16.4 Å². The second-order valence-electron chi connectivity index (χ2n) is 11.7. The van der Waals surface area contributed by atoms with Gasteiger partial charge in [0.1, 0.15) is 24.0 Å². The van der Waals surface area contributed by atoms with Crippen LogP contribution in [0, 0.1) is 0 Å². The van der Waals surface area contributed by atoms with Crippen LogP contribution in [-0.2, 0) is 10.2 Å². The first-order valence-corrected chi connectivity index (χ1v) is 14.5. The molecule has 3 heterocycles. The number of nitrogens with zero attached hydrogens (tertiary/aromatic N) is 3. The molecule has 10 nitrogen and oxygen atoms in total. The van der Waals surface area contributed by atoms with E-state index in [4.69, 9.17) is 10.5 Å². The summed E-state index contributed by atoms with van der Waals surface area (Å²) in [4.78, 5) is 19.0. The fraction of sp³-hybridized carbons (Fsp3) is 0.517. The van der Waals surface area contributed by atoms with Gasteiger partial charge >= 0.3 is 6.03 Å². The second kappa shape index (κ2) is 12.4. The molecule has 1 aromatic carbocycles. The van der Waals surface area contributed by atoms with Crippen molar-refractivity contribution in [2.24, 2.45) is 0 Å². The SMILES string of the molecule is CC(C)N(CCCNC(=O)Nc1ccc(C(C)(C)C)cc1)C[C@H]1O[C@@H](n2cc(Br)c3c(N)ccnc32)C(O)[C@H]1O. The molecule has 0 bridgehead atoms. The number of benzene rings is 1. The van der Waals surface area contributed by atoms with Crippen molar-refractivity contribution in [3.05, 3.63) is 52.8 Å². The van der Waals surface area contributed by atoms with E-state index in [0.29, 0.717) is 37.4 Å². The van der Waals surface area contributed by atoms with Crippen LogP contribution in [0.3, 0.4) is 0 Å². The number of hydrogen-bond donors (Lipinski definition) is 5. The molecule has 1 unspecified atom stereocenters. The number of halogens is 1. The van der Waals surface area contributed by atoms with E-state index >= 15 is 0 Å². The zero-order chi connectivity index (χ0) is 29.2. The number of aromatic nitrogens is 2. The molecule has 2 amide bonds. The molecule has 4 rings (SSSR count). The molecule has 1 saturated heterocycles. The minimum Gasteiger partial charge on any atom is -0.398 e. The first kappa shape index (κ1) is 30.3. The number of urea groups is 1. The number of pyridine rings is 1. The summed E-state index contributed by atoms with van der Waals surface area (Å²) in [6, 6.07) is 9.51. The van der Waals surface area contributed by atoms with Crippen molar-refractivity contribution in [3.63, 3.8) is 0 Å². The number of aliphatic hydroxyl groups is 2. The van der Waals surface area contributed by atoms with E-state index in [1.807, 2.05) is 24.3 Å². The number of carbonyl (C=O) groups excluding carboxylic acids is 1. The van der Waals surface area contributed by atoms with Gasteiger partial charge in [-0.05, 0) is 65.4 Å². The quantitative estimate of drug-likeness (QED) is 0.227. The molecule has 0 aliphatic carbocycles. The van der Waals surface area contributed by atoms with E-state index in [-0.39, 0.29) is 17.5 Å². The van der Waals surface area contributed by atoms with Gasteiger partial charge < -0.3 is 35.9 Å². The van der Waals surface area contributed by atoms with Gasteiger partial charge in [-0.3, -0.25) is 4.90 Å². The van der Waals surface area contributed by atoms with Gasteiger partial charge in [-0.15, -0.1) is 0 Å². The molecule has 4 atom stereocenters. The summed E-state index contributed by atoms with van der Waals surface area (Å²) in [5, 5.41) is 28.3. The van der Waals surface area contributed by atoms with E-state index in [2.05, 4.69) is 71.1 Å². The number of nitrogens with one attached hydrogen (secondary N) is 2. The van der Waals surface area contributed by atoms with Crippen LogP contribution in [0.25, 0.3) is 11.0 Å². The monoisotopic (exact) mass is 616 g/mol. The Bertz CT molecular complexity index is 1310. The first-order valence-electron chi connectivity index (χ1n) is 13.7. The number of nitrogen functional groups attached to an aromatic ring is 1. The number of rotatable bonds is 9. The highest BCUT2D eigenvalue weighted by Gasteiger charge is 2.45. The fourth-order valence-corrected chi connectivity index (χ4v) is 5.59. The molecular formula is C29H41BrN6O4. The maximum Gasteiger partial charge on any atom is 0.319 e. The van der Waals surface area contributed by atoms with Crippen LogP contribution in [0.5, 0.6) is 0 Å². The van der Waals surface area contributed by atoms with E-state index in [1.54, 1.807) is 23.0 Å². The van der Waals surface area contributed by atoms with Crippen molar-refractivity contribution in [2.75, 3.05) is 30.7 Å². The van der Waals surface area contributed by atoms with Crippen molar-refractivity contribution < 1.29 is 19.7 Å². The lowest BCUT2D eigenvalue weighted by Crippen LogP contribution is -2.44. The second-order valence-corrected chi connectivity index (χ2v) is 12.5. The highest BCUT2D eigenvalue weighted by Crippen LogP contribution is 2.37. The summed E-state index contributed by atoms with van der Waals surface area (Å²) in [5.41, 5.74) is 9.26. The van der Waals surface area contributed by atoms with Crippen molar-refractivity contribution >= 4 is 44.4 Å². The maximum absolute atomic E-state index is 12.4. The number of anilines is 2. The van der Waals surface area contributed by atoms with Gasteiger partial charge in [0.15, 0.2) is 6.23 Å². The van der Waals surface area contributed by atoms with Crippen molar-refractivity contribution in [3.8, 4) is 0 Å². The van der Waals surface area contributed by atoms with Gasteiger partial charge in [0.25, 0.3) is 0 Å². The molecular weight excluding hydrogens is 576 g/mol. The average Bonchev–Trinajstić information content (AvgIpc) is 3.37. The van der Waals surface area contributed by atoms with Crippen LogP contribution in [0.2, 0.25) is 0 Å². The fourth-order valence-electron chi connectivity index (χ4n) is 4.96. The standard InChI is InChI=1S/C29H41BrN6O4/c1-17(2)35(14-6-12-33-28(39)34-19-9-7-18(8-10-19)29(3,4)5)16-22-24(37)25(38)27(40-22)36-15-20(30)23-21(31)11-13-32-26(23)36/h7-11,13,15,17,22,24-25,27,37-38H,6,12,14,16H2,1-5H3,(H2,31,32)(H2,33,34,39)/t22-,24+,25?,27-/m1/s1. The smallest absolute Gasteiger partial charge is 0.319 e. The highest BCUT2D eigenvalue weighted by molar-refractivity contribution is 9.10. The normalized spacial score (nSPS) is 21.4. The van der Waals surface area contributed by atoms with E-state index in [9.17, 15) is 15.0 Å². The van der Waals surface area contributed by atoms with Gasteiger partial charge in [-0.25, -0.2) is 9.78 Å². The van der Waals surface area contributed by atoms with Crippen molar-refractivity contribution in [2.45, 2.75) is 77.0 Å². The van der Waals surface area contributed by atoms with Crippen LogP contribution >= 0.6 is 15.9 Å². The molecule has 3 aromatic rings. The van der Waals surface area contributed by atoms with E-state index in [1.165, 1.54) is 5.56 Å². The summed E-state index contributed by atoms with van der Waals surface area (Å²) >= 11 is 3.52. The summed E-state index contributed by atoms with van der Waals surface area (Å²) in [5.74, 6) is 0. The molecule has 0 spiro atoms. The molecule has 2 aromatic heterocycles. The number of nitrogens with two attached hydrogens (primary N) is 1.